The number of ketones is 1. The van der Waals surface area contributed by atoms with Crippen molar-refractivity contribution >= 4 is 5.78 Å². The van der Waals surface area contributed by atoms with Gasteiger partial charge >= 0.3 is 6.18 Å². The van der Waals surface area contributed by atoms with Gasteiger partial charge in [0, 0.05) is 23.5 Å². The normalized spacial score (nSPS) is 11.4. The summed E-state index contributed by atoms with van der Waals surface area (Å²) in [4.78, 5) is 15.6. The summed E-state index contributed by atoms with van der Waals surface area (Å²) in [6.07, 6.45) is -2.14. The van der Waals surface area contributed by atoms with Crippen LogP contribution in [0.4, 0.5) is 17.6 Å². The third-order valence-corrected chi connectivity index (χ3v) is 2.48. The topological polar surface area (TPSA) is 30.0 Å². The molecule has 0 radical (unpaired) electrons. The van der Waals surface area contributed by atoms with Crippen molar-refractivity contribution in [2.75, 3.05) is 0 Å². The zero-order valence-corrected chi connectivity index (χ0v) is 9.41. The lowest BCUT2D eigenvalue weighted by atomic mass is 10.0. The average molecular weight is 269 g/mol. The molecule has 0 bridgehead atoms. The third-order valence-electron chi connectivity index (χ3n) is 2.48. The maximum absolute atomic E-state index is 13.1. The summed E-state index contributed by atoms with van der Waals surface area (Å²) in [7, 11) is 0. The average Bonchev–Trinajstić information content (AvgIpc) is 2.38. The third kappa shape index (κ3) is 2.78. The molecule has 1 aromatic heterocycles. The van der Waals surface area contributed by atoms with Gasteiger partial charge in [-0.2, -0.15) is 13.2 Å². The van der Waals surface area contributed by atoms with Crippen LogP contribution < -0.4 is 0 Å². The number of alkyl halides is 3. The molecule has 0 aliphatic heterocycles. The summed E-state index contributed by atoms with van der Waals surface area (Å²) < 4.78 is 50.7. The molecule has 0 amide bonds. The van der Waals surface area contributed by atoms with Gasteiger partial charge in [0.05, 0.1) is 5.56 Å². The van der Waals surface area contributed by atoms with E-state index in [1.165, 1.54) is 24.5 Å². The number of halogens is 4. The minimum atomic E-state index is -4.83. The number of hydrogen-bond acceptors (Lipinski definition) is 2. The standard InChI is InChI=1S/C13H7F4NO/c14-11-2-1-9(7-10(11)13(15,16)17)12(19)8-3-5-18-6-4-8/h1-7H. The van der Waals surface area contributed by atoms with E-state index in [4.69, 9.17) is 0 Å². The minimum absolute atomic E-state index is 0.190. The van der Waals surface area contributed by atoms with Crippen LogP contribution in [0.3, 0.4) is 0 Å². The Morgan fingerprint density at radius 2 is 1.63 bits per heavy atom. The predicted octanol–water partition coefficient (Wildman–Crippen LogP) is 3.47. The van der Waals surface area contributed by atoms with E-state index in [1.807, 2.05) is 0 Å². The van der Waals surface area contributed by atoms with Crippen LogP contribution >= 0.6 is 0 Å². The Hall–Kier alpha value is -2.24. The number of carbonyl (C=O) groups excluding carboxylic acids is 1. The first-order valence-electron chi connectivity index (χ1n) is 5.21. The van der Waals surface area contributed by atoms with Crippen molar-refractivity contribution < 1.29 is 22.4 Å². The summed E-state index contributed by atoms with van der Waals surface area (Å²) in [5, 5.41) is 0. The molecular weight excluding hydrogens is 262 g/mol. The van der Waals surface area contributed by atoms with Gasteiger partial charge in [-0.05, 0) is 30.3 Å². The molecule has 2 rings (SSSR count). The summed E-state index contributed by atoms with van der Waals surface area (Å²) in [5.41, 5.74) is -1.48. The van der Waals surface area contributed by atoms with Crippen LogP contribution in [0.5, 0.6) is 0 Å². The molecule has 0 fully saturated rings. The zero-order valence-electron chi connectivity index (χ0n) is 9.41. The van der Waals surface area contributed by atoms with Gasteiger partial charge < -0.3 is 0 Å². The van der Waals surface area contributed by atoms with Gasteiger partial charge in [0.1, 0.15) is 5.82 Å². The van der Waals surface area contributed by atoms with E-state index in [0.29, 0.717) is 12.1 Å². The van der Waals surface area contributed by atoms with Crippen LogP contribution in [0.15, 0.2) is 42.7 Å². The van der Waals surface area contributed by atoms with E-state index in [1.54, 1.807) is 0 Å². The van der Waals surface area contributed by atoms with E-state index >= 15 is 0 Å². The molecule has 0 atom stereocenters. The van der Waals surface area contributed by atoms with Crippen molar-refractivity contribution in [2.45, 2.75) is 6.18 Å². The highest BCUT2D eigenvalue weighted by molar-refractivity contribution is 6.08. The van der Waals surface area contributed by atoms with Crippen LogP contribution in [-0.2, 0) is 6.18 Å². The fourth-order valence-electron chi connectivity index (χ4n) is 1.55. The monoisotopic (exact) mass is 269 g/mol. The van der Waals surface area contributed by atoms with Crippen molar-refractivity contribution in [3.8, 4) is 0 Å². The second kappa shape index (κ2) is 4.79. The van der Waals surface area contributed by atoms with Crippen molar-refractivity contribution in [1.29, 1.82) is 0 Å². The molecule has 6 heteroatoms. The second-order valence-electron chi connectivity index (χ2n) is 3.76. The molecule has 0 unspecified atom stereocenters. The van der Waals surface area contributed by atoms with E-state index in [9.17, 15) is 22.4 Å². The van der Waals surface area contributed by atoms with E-state index in [-0.39, 0.29) is 11.1 Å². The minimum Gasteiger partial charge on any atom is -0.289 e. The lowest BCUT2D eigenvalue weighted by Crippen LogP contribution is -2.11. The number of hydrogen-bond donors (Lipinski definition) is 0. The molecule has 2 nitrogen and oxygen atoms in total. The van der Waals surface area contributed by atoms with Gasteiger partial charge in [0.15, 0.2) is 5.78 Å². The Morgan fingerprint density at radius 3 is 2.21 bits per heavy atom. The molecule has 19 heavy (non-hydrogen) atoms. The first kappa shape index (κ1) is 13.2. The lowest BCUT2D eigenvalue weighted by molar-refractivity contribution is -0.140. The molecule has 0 aliphatic carbocycles. The molecule has 98 valence electrons. The number of rotatable bonds is 2. The first-order valence-corrected chi connectivity index (χ1v) is 5.21. The Bertz CT molecular complexity index is 608. The van der Waals surface area contributed by atoms with Gasteiger partial charge in [-0.1, -0.05) is 0 Å². The van der Waals surface area contributed by atoms with Gasteiger partial charge in [0.2, 0.25) is 0 Å². The quantitative estimate of drug-likeness (QED) is 0.617. The van der Waals surface area contributed by atoms with E-state index < -0.39 is 23.3 Å². The zero-order chi connectivity index (χ0) is 14.0. The summed E-state index contributed by atoms with van der Waals surface area (Å²) in [6, 6.07) is 4.92. The fraction of sp³-hybridized carbons (Fsp3) is 0.0769. The largest absolute Gasteiger partial charge is 0.419 e. The number of carbonyl (C=O) groups is 1. The molecule has 0 saturated heterocycles. The number of nitrogens with zero attached hydrogens (tertiary/aromatic N) is 1. The van der Waals surface area contributed by atoms with Gasteiger partial charge in [-0.3, -0.25) is 9.78 Å². The molecule has 0 aliphatic rings. The van der Waals surface area contributed by atoms with Crippen LogP contribution in [0.1, 0.15) is 21.5 Å². The van der Waals surface area contributed by atoms with Crippen LogP contribution in [0, 0.1) is 5.82 Å². The van der Waals surface area contributed by atoms with Gasteiger partial charge in [-0.25, -0.2) is 4.39 Å². The lowest BCUT2D eigenvalue weighted by Gasteiger charge is -2.09. The van der Waals surface area contributed by atoms with E-state index in [2.05, 4.69) is 4.98 Å². The Morgan fingerprint density at radius 1 is 1.00 bits per heavy atom. The predicted molar refractivity (Wildman–Crippen MR) is 59.1 cm³/mol. The summed E-state index contributed by atoms with van der Waals surface area (Å²) in [6.45, 7) is 0. The van der Waals surface area contributed by atoms with Gasteiger partial charge in [0.25, 0.3) is 0 Å². The Labute approximate surface area is 105 Å². The smallest absolute Gasteiger partial charge is 0.289 e. The molecule has 1 heterocycles. The highest BCUT2D eigenvalue weighted by atomic mass is 19.4. The molecule has 2 aromatic rings. The molecule has 1 aromatic carbocycles. The van der Waals surface area contributed by atoms with Crippen molar-refractivity contribution in [1.82, 2.24) is 4.98 Å². The summed E-state index contributed by atoms with van der Waals surface area (Å²) in [5.74, 6) is -2.02. The van der Waals surface area contributed by atoms with Crippen molar-refractivity contribution in [3.63, 3.8) is 0 Å². The van der Waals surface area contributed by atoms with Crippen molar-refractivity contribution in [3.05, 3.63) is 65.2 Å². The molecule has 0 saturated carbocycles. The van der Waals surface area contributed by atoms with Crippen molar-refractivity contribution in [2.24, 2.45) is 0 Å². The molecular formula is C13H7F4NO. The SMILES string of the molecule is O=C(c1ccncc1)c1ccc(F)c(C(F)(F)F)c1. The number of benzene rings is 1. The van der Waals surface area contributed by atoms with Crippen LogP contribution in [-0.4, -0.2) is 10.8 Å². The van der Waals surface area contributed by atoms with E-state index in [0.717, 1.165) is 6.07 Å². The van der Waals surface area contributed by atoms with Crippen LogP contribution in [0.2, 0.25) is 0 Å². The Balaban J connectivity index is 2.45. The van der Waals surface area contributed by atoms with Gasteiger partial charge in [-0.15, -0.1) is 0 Å². The highest BCUT2D eigenvalue weighted by Crippen LogP contribution is 2.32. The molecule has 0 spiro atoms. The maximum atomic E-state index is 13.1. The first-order chi connectivity index (χ1) is 8.89. The maximum Gasteiger partial charge on any atom is 0.419 e. The fourth-order valence-corrected chi connectivity index (χ4v) is 1.55. The highest BCUT2D eigenvalue weighted by Gasteiger charge is 2.34. The number of aromatic nitrogens is 1. The second-order valence-corrected chi connectivity index (χ2v) is 3.76. The summed E-state index contributed by atoms with van der Waals surface area (Å²) >= 11 is 0. The van der Waals surface area contributed by atoms with Crippen LogP contribution in [0.25, 0.3) is 0 Å². The number of pyridine rings is 1. The Kier molecular flexibility index (Phi) is 3.33. The molecule has 0 N–H and O–H groups in total.